The van der Waals surface area contributed by atoms with Gasteiger partial charge in [0.1, 0.15) is 11.6 Å². The zero-order valence-corrected chi connectivity index (χ0v) is 15.0. The van der Waals surface area contributed by atoms with Crippen molar-refractivity contribution in [1.82, 2.24) is 4.90 Å². The Kier molecular flexibility index (Phi) is 6.75. The predicted octanol–water partition coefficient (Wildman–Crippen LogP) is 4.10. The molecule has 23 heavy (non-hydrogen) atoms. The second-order valence-corrected chi connectivity index (χ2v) is 7.35. The lowest BCUT2D eigenvalue weighted by Crippen LogP contribution is -2.40. The van der Waals surface area contributed by atoms with Crippen molar-refractivity contribution in [2.24, 2.45) is 5.92 Å². The number of ether oxygens (including phenoxy) is 1. The molecule has 0 bridgehead atoms. The van der Waals surface area contributed by atoms with Crippen molar-refractivity contribution in [3.8, 4) is 5.75 Å². The number of amides is 1. The van der Waals surface area contributed by atoms with Crippen molar-refractivity contribution in [3.63, 3.8) is 0 Å². The molecule has 2 rings (SSSR count). The lowest BCUT2D eigenvalue weighted by molar-refractivity contribution is -0.129. The summed E-state index contributed by atoms with van der Waals surface area (Å²) in [6, 6.07) is 4.86. The lowest BCUT2D eigenvalue weighted by atomic mass is 9.87. The van der Waals surface area contributed by atoms with Gasteiger partial charge in [0.05, 0.1) is 12.9 Å². The van der Waals surface area contributed by atoms with Crippen LogP contribution in [0.5, 0.6) is 5.75 Å². The number of hydrogen-bond acceptors (Lipinski definition) is 3. The van der Waals surface area contributed by atoms with E-state index in [1.165, 1.54) is 36.7 Å². The highest BCUT2D eigenvalue weighted by molar-refractivity contribution is 7.99. The maximum absolute atomic E-state index is 13.3. The second-order valence-electron chi connectivity index (χ2n) is 6.37. The van der Waals surface area contributed by atoms with Crippen molar-refractivity contribution >= 4 is 17.7 Å². The van der Waals surface area contributed by atoms with Gasteiger partial charge in [0.15, 0.2) is 0 Å². The molecule has 1 saturated carbocycles. The Bertz CT molecular complexity index is 530. The van der Waals surface area contributed by atoms with Crippen molar-refractivity contribution < 1.29 is 13.9 Å². The standard InChI is InChI=1S/C18H26FNO2S/c1-13-4-7-16(8-5-13)20(2)18(21)12-23-11-14-10-15(19)6-9-17(14)22-3/h6,9-10,13,16H,4-5,7-8,11-12H2,1-3H3. The van der Waals surface area contributed by atoms with E-state index in [1.807, 2.05) is 11.9 Å². The molecular formula is C18H26FNO2S. The average Bonchev–Trinajstić information content (AvgIpc) is 2.55. The van der Waals surface area contributed by atoms with Gasteiger partial charge in [-0.25, -0.2) is 4.39 Å². The summed E-state index contributed by atoms with van der Waals surface area (Å²) in [6.45, 7) is 2.28. The van der Waals surface area contributed by atoms with Gasteiger partial charge in [-0.1, -0.05) is 6.92 Å². The van der Waals surface area contributed by atoms with Crippen LogP contribution in [0, 0.1) is 11.7 Å². The van der Waals surface area contributed by atoms with E-state index in [0.717, 1.165) is 24.3 Å². The molecule has 5 heteroatoms. The molecule has 1 amide bonds. The average molecular weight is 339 g/mol. The van der Waals surface area contributed by atoms with E-state index >= 15 is 0 Å². The van der Waals surface area contributed by atoms with E-state index < -0.39 is 0 Å². The molecule has 1 aromatic rings. The number of thioether (sulfide) groups is 1. The molecule has 1 aromatic carbocycles. The van der Waals surface area contributed by atoms with Gasteiger partial charge in [0, 0.05) is 24.4 Å². The predicted molar refractivity (Wildman–Crippen MR) is 93.3 cm³/mol. The Labute approximate surface area is 142 Å². The number of nitrogens with zero attached hydrogens (tertiary/aromatic N) is 1. The van der Waals surface area contributed by atoms with E-state index in [2.05, 4.69) is 6.92 Å². The van der Waals surface area contributed by atoms with Crippen LogP contribution < -0.4 is 4.74 Å². The molecule has 0 aromatic heterocycles. The van der Waals surface area contributed by atoms with Gasteiger partial charge >= 0.3 is 0 Å². The Morgan fingerprint density at radius 3 is 2.70 bits per heavy atom. The molecule has 128 valence electrons. The molecule has 0 radical (unpaired) electrons. The highest BCUT2D eigenvalue weighted by atomic mass is 32.2. The number of rotatable bonds is 6. The smallest absolute Gasteiger partial charge is 0.232 e. The Hall–Kier alpha value is -1.23. The Morgan fingerprint density at radius 1 is 1.35 bits per heavy atom. The maximum Gasteiger partial charge on any atom is 0.232 e. The third kappa shape index (κ3) is 5.13. The summed E-state index contributed by atoms with van der Waals surface area (Å²) in [5.41, 5.74) is 0.791. The molecule has 0 N–H and O–H groups in total. The van der Waals surface area contributed by atoms with Gasteiger partial charge in [-0.05, 0) is 49.8 Å². The highest BCUT2D eigenvalue weighted by Gasteiger charge is 2.24. The fourth-order valence-corrected chi connectivity index (χ4v) is 3.97. The van der Waals surface area contributed by atoms with Crippen molar-refractivity contribution in [3.05, 3.63) is 29.6 Å². The van der Waals surface area contributed by atoms with Gasteiger partial charge in [-0.2, -0.15) is 0 Å². The summed E-state index contributed by atoms with van der Waals surface area (Å²) in [7, 11) is 3.48. The number of methoxy groups -OCH3 is 1. The summed E-state index contributed by atoms with van der Waals surface area (Å²) in [5, 5.41) is 0. The monoisotopic (exact) mass is 339 g/mol. The fraction of sp³-hybridized carbons (Fsp3) is 0.611. The van der Waals surface area contributed by atoms with Crippen LogP contribution in [0.15, 0.2) is 18.2 Å². The molecule has 1 aliphatic carbocycles. The van der Waals surface area contributed by atoms with Gasteiger partial charge in [-0.3, -0.25) is 4.79 Å². The molecule has 1 aliphatic rings. The SMILES string of the molecule is COc1ccc(F)cc1CSCC(=O)N(C)C1CCC(C)CC1. The minimum Gasteiger partial charge on any atom is -0.496 e. The van der Waals surface area contributed by atoms with Crippen molar-refractivity contribution in [2.45, 2.75) is 44.4 Å². The van der Waals surface area contributed by atoms with E-state index in [0.29, 0.717) is 23.3 Å². The zero-order chi connectivity index (χ0) is 16.8. The molecule has 1 fully saturated rings. The van der Waals surface area contributed by atoms with Crippen LogP contribution in [0.4, 0.5) is 4.39 Å². The van der Waals surface area contributed by atoms with Crippen LogP contribution in [-0.4, -0.2) is 36.8 Å². The molecular weight excluding hydrogens is 313 g/mol. The first-order valence-corrected chi connectivity index (χ1v) is 9.32. The highest BCUT2D eigenvalue weighted by Crippen LogP contribution is 2.28. The van der Waals surface area contributed by atoms with Crippen LogP contribution in [-0.2, 0) is 10.5 Å². The first kappa shape index (κ1) is 18.1. The first-order chi connectivity index (χ1) is 11.0. The largest absolute Gasteiger partial charge is 0.496 e. The number of carbonyl (C=O) groups is 1. The van der Waals surface area contributed by atoms with E-state index in [-0.39, 0.29) is 11.7 Å². The summed E-state index contributed by atoms with van der Waals surface area (Å²) in [6.07, 6.45) is 4.61. The number of benzene rings is 1. The summed E-state index contributed by atoms with van der Waals surface area (Å²) in [5.74, 6) is 2.32. The van der Waals surface area contributed by atoms with Gasteiger partial charge in [0.2, 0.25) is 5.91 Å². The Balaban J connectivity index is 1.81. The number of halogens is 1. The van der Waals surface area contributed by atoms with Crippen LogP contribution in [0.2, 0.25) is 0 Å². The van der Waals surface area contributed by atoms with E-state index in [4.69, 9.17) is 4.74 Å². The summed E-state index contributed by atoms with van der Waals surface area (Å²) in [4.78, 5) is 14.2. The van der Waals surface area contributed by atoms with Gasteiger partial charge in [0.25, 0.3) is 0 Å². The van der Waals surface area contributed by atoms with E-state index in [9.17, 15) is 9.18 Å². The molecule has 3 nitrogen and oxygen atoms in total. The van der Waals surface area contributed by atoms with Crippen LogP contribution in [0.3, 0.4) is 0 Å². The molecule has 0 saturated heterocycles. The molecule has 0 heterocycles. The zero-order valence-electron chi connectivity index (χ0n) is 14.2. The quantitative estimate of drug-likeness (QED) is 0.781. The third-order valence-electron chi connectivity index (χ3n) is 4.65. The third-order valence-corrected chi connectivity index (χ3v) is 5.62. The van der Waals surface area contributed by atoms with Crippen LogP contribution >= 0.6 is 11.8 Å². The Morgan fingerprint density at radius 2 is 2.04 bits per heavy atom. The molecule has 0 unspecified atom stereocenters. The minimum absolute atomic E-state index is 0.157. The van der Waals surface area contributed by atoms with E-state index in [1.54, 1.807) is 13.2 Å². The normalized spacial score (nSPS) is 21.0. The number of carbonyl (C=O) groups excluding carboxylic acids is 1. The fourth-order valence-electron chi connectivity index (χ4n) is 3.04. The van der Waals surface area contributed by atoms with Gasteiger partial charge < -0.3 is 9.64 Å². The first-order valence-electron chi connectivity index (χ1n) is 8.17. The lowest BCUT2D eigenvalue weighted by Gasteiger charge is -2.33. The molecule has 0 spiro atoms. The topological polar surface area (TPSA) is 29.5 Å². The summed E-state index contributed by atoms with van der Waals surface area (Å²) >= 11 is 1.51. The maximum atomic E-state index is 13.3. The number of hydrogen-bond donors (Lipinski definition) is 0. The minimum atomic E-state index is -0.277. The van der Waals surface area contributed by atoms with Gasteiger partial charge in [-0.15, -0.1) is 11.8 Å². The van der Waals surface area contributed by atoms with Crippen LogP contribution in [0.25, 0.3) is 0 Å². The molecule has 0 atom stereocenters. The summed E-state index contributed by atoms with van der Waals surface area (Å²) < 4.78 is 18.6. The van der Waals surface area contributed by atoms with Crippen molar-refractivity contribution in [1.29, 1.82) is 0 Å². The second kappa shape index (κ2) is 8.57. The van der Waals surface area contributed by atoms with Crippen LogP contribution in [0.1, 0.15) is 38.2 Å². The van der Waals surface area contributed by atoms with Crippen molar-refractivity contribution in [2.75, 3.05) is 19.9 Å². The molecule has 0 aliphatic heterocycles.